The van der Waals surface area contributed by atoms with Crippen LogP contribution in [0.1, 0.15) is 17.8 Å². The fourth-order valence-electron chi connectivity index (χ4n) is 1.06. The van der Waals surface area contributed by atoms with Crippen LogP contribution >= 0.6 is 11.3 Å². The van der Waals surface area contributed by atoms with Crippen LogP contribution in [0.2, 0.25) is 0 Å². The van der Waals surface area contributed by atoms with Gasteiger partial charge in [0.2, 0.25) is 0 Å². The van der Waals surface area contributed by atoms with Gasteiger partial charge in [-0.3, -0.25) is 0 Å². The monoisotopic (exact) mass is 184 g/mol. The first-order valence-corrected chi connectivity index (χ1v) is 5.09. The van der Waals surface area contributed by atoms with Crippen LogP contribution in [0, 0.1) is 0 Å². The summed E-state index contributed by atoms with van der Waals surface area (Å²) in [5, 5.41) is 2.07. The Morgan fingerprint density at radius 3 is 2.92 bits per heavy atom. The van der Waals surface area contributed by atoms with Gasteiger partial charge in [-0.1, -0.05) is 13.0 Å². The van der Waals surface area contributed by atoms with Crippen molar-refractivity contribution in [2.45, 2.75) is 13.0 Å². The van der Waals surface area contributed by atoms with Crippen LogP contribution in [0.4, 0.5) is 0 Å². The molecule has 1 aromatic rings. The molecule has 0 saturated heterocycles. The van der Waals surface area contributed by atoms with Crippen LogP contribution in [0.5, 0.6) is 0 Å². The van der Waals surface area contributed by atoms with Crippen molar-refractivity contribution >= 4 is 11.3 Å². The lowest BCUT2D eigenvalue weighted by Crippen LogP contribution is -2.28. The Kier molecular flexibility index (Phi) is 3.72. The van der Waals surface area contributed by atoms with E-state index >= 15 is 0 Å². The lowest BCUT2D eigenvalue weighted by molar-refractivity contribution is 0.330. The molecule has 0 aromatic carbocycles. The first-order chi connectivity index (χ1) is 5.74. The van der Waals surface area contributed by atoms with Crippen LogP contribution in [-0.4, -0.2) is 25.0 Å². The van der Waals surface area contributed by atoms with E-state index in [1.807, 2.05) is 6.07 Å². The summed E-state index contributed by atoms with van der Waals surface area (Å²) in [5.41, 5.74) is 5.98. The summed E-state index contributed by atoms with van der Waals surface area (Å²) in [7, 11) is 2.09. The summed E-state index contributed by atoms with van der Waals surface area (Å²) in [4.78, 5) is 3.50. The summed E-state index contributed by atoms with van der Waals surface area (Å²) >= 11 is 1.73. The molecule has 0 aliphatic rings. The van der Waals surface area contributed by atoms with Gasteiger partial charge in [0, 0.05) is 11.4 Å². The molecule has 1 unspecified atom stereocenters. The molecule has 0 spiro atoms. The smallest absolute Gasteiger partial charge is 0.0518 e. The minimum Gasteiger partial charge on any atom is -0.322 e. The molecule has 0 saturated carbocycles. The van der Waals surface area contributed by atoms with E-state index in [9.17, 15) is 0 Å². The maximum atomic E-state index is 5.98. The zero-order valence-electron chi connectivity index (χ0n) is 7.66. The molecule has 0 aliphatic carbocycles. The van der Waals surface area contributed by atoms with Gasteiger partial charge < -0.3 is 10.6 Å². The molecule has 0 fully saturated rings. The minimum absolute atomic E-state index is 0.176. The third kappa shape index (κ3) is 2.59. The number of hydrogen-bond acceptors (Lipinski definition) is 3. The molecule has 1 atom stereocenters. The molecule has 1 aromatic heterocycles. The van der Waals surface area contributed by atoms with Gasteiger partial charge in [-0.05, 0) is 25.0 Å². The molecular weight excluding hydrogens is 168 g/mol. The number of likely N-dealkylation sites (N-methyl/N-ethyl adjacent to an activating group) is 1. The third-order valence-corrected chi connectivity index (χ3v) is 2.96. The summed E-state index contributed by atoms with van der Waals surface area (Å²) < 4.78 is 0. The van der Waals surface area contributed by atoms with Gasteiger partial charge in [-0.2, -0.15) is 0 Å². The largest absolute Gasteiger partial charge is 0.322 e. The average molecular weight is 184 g/mol. The van der Waals surface area contributed by atoms with Gasteiger partial charge in [-0.25, -0.2) is 0 Å². The maximum absolute atomic E-state index is 5.98. The molecule has 1 heterocycles. The van der Waals surface area contributed by atoms with Crippen molar-refractivity contribution < 1.29 is 0 Å². The molecule has 0 aliphatic heterocycles. The van der Waals surface area contributed by atoms with Crippen molar-refractivity contribution in [2.75, 3.05) is 20.1 Å². The van der Waals surface area contributed by atoms with Gasteiger partial charge >= 0.3 is 0 Å². The molecule has 0 bridgehead atoms. The highest BCUT2D eigenvalue weighted by Crippen LogP contribution is 2.16. The summed E-state index contributed by atoms with van der Waals surface area (Å²) in [6.07, 6.45) is 0. The van der Waals surface area contributed by atoms with Crippen molar-refractivity contribution in [3.05, 3.63) is 22.4 Å². The first kappa shape index (κ1) is 9.71. The number of hydrogen-bond donors (Lipinski definition) is 1. The summed E-state index contributed by atoms with van der Waals surface area (Å²) in [5.74, 6) is 0. The van der Waals surface area contributed by atoms with E-state index in [0.717, 1.165) is 13.1 Å². The molecule has 2 N–H and O–H groups in total. The summed E-state index contributed by atoms with van der Waals surface area (Å²) in [6.45, 7) is 4.14. The van der Waals surface area contributed by atoms with Gasteiger partial charge in [0.25, 0.3) is 0 Å². The highest BCUT2D eigenvalue weighted by molar-refractivity contribution is 7.10. The van der Waals surface area contributed by atoms with Crippen molar-refractivity contribution in [3.8, 4) is 0 Å². The van der Waals surface area contributed by atoms with Gasteiger partial charge in [-0.15, -0.1) is 11.3 Å². The highest BCUT2D eigenvalue weighted by Gasteiger charge is 2.08. The Morgan fingerprint density at radius 1 is 1.67 bits per heavy atom. The number of thiophene rings is 1. The predicted octanol–water partition coefficient (Wildman–Crippen LogP) is 1.70. The molecule has 68 valence electrons. The fraction of sp³-hybridized carbons (Fsp3) is 0.556. The van der Waals surface area contributed by atoms with Crippen LogP contribution in [-0.2, 0) is 0 Å². The lowest BCUT2D eigenvalue weighted by Gasteiger charge is -2.18. The topological polar surface area (TPSA) is 29.3 Å². The Hall–Kier alpha value is -0.380. The molecule has 2 nitrogen and oxygen atoms in total. The van der Waals surface area contributed by atoms with Gasteiger partial charge in [0.15, 0.2) is 0 Å². The number of rotatable bonds is 4. The van der Waals surface area contributed by atoms with Crippen LogP contribution in [0.25, 0.3) is 0 Å². The lowest BCUT2D eigenvalue weighted by atomic mass is 10.2. The van der Waals surface area contributed by atoms with Crippen LogP contribution in [0.3, 0.4) is 0 Å². The van der Waals surface area contributed by atoms with Crippen molar-refractivity contribution in [1.82, 2.24) is 4.90 Å². The van der Waals surface area contributed by atoms with E-state index in [1.54, 1.807) is 11.3 Å². The van der Waals surface area contributed by atoms with Crippen molar-refractivity contribution in [2.24, 2.45) is 5.73 Å². The Labute approximate surface area is 78.0 Å². The quantitative estimate of drug-likeness (QED) is 0.771. The predicted molar refractivity (Wildman–Crippen MR) is 54.4 cm³/mol. The average Bonchev–Trinajstić information content (AvgIpc) is 2.56. The molecule has 0 amide bonds. The van der Waals surface area contributed by atoms with E-state index in [0.29, 0.717) is 0 Å². The Balaban J connectivity index is 2.44. The minimum atomic E-state index is 0.176. The molecule has 3 heteroatoms. The normalized spacial score (nSPS) is 13.7. The third-order valence-electron chi connectivity index (χ3n) is 1.96. The van der Waals surface area contributed by atoms with Crippen molar-refractivity contribution in [1.29, 1.82) is 0 Å². The van der Waals surface area contributed by atoms with E-state index in [4.69, 9.17) is 5.73 Å². The summed E-state index contributed by atoms with van der Waals surface area (Å²) in [6, 6.07) is 4.32. The Bertz CT molecular complexity index is 208. The second-order valence-corrected chi connectivity index (χ2v) is 3.96. The number of nitrogens with zero attached hydrogens (tertiary/aromatic N) is 1. The number of nitrogens with two attached hydrogens (primary N) is 1. The van der Waals surface area contributed by atoms with Crippen LogP contribution < -0.4 is 5.73 Å². The van der Waals surface area contributed by atoms with Gasteiger partial charge in [0.05, 0.1) is 6.04 Å². The second-order valence-electron chi connectivity index (χ2n) is 2.98. The van der Waals surface area contributed by atoms with E-state index in [1.165, 1.54) is 4.88 Å². The zero-order chi connectivity index (χ0) is 8.97. The van der Waals surface area contributed by atoms with Gasteiger partial charge in [0.1, 0.15) is 0 Å². The SMILES string of the molecule is CCN(C)CC(N)c1cccs1. The molecular formula is C9H16N2S. The van der Waals surface area contributed by atoms with E-state index < -0.39 is 0 Å². The van der Waals surface area contributed by atoms with E-state index in [2.05, 4.69) is 30.3 Å². The first-order valence-electron chi connectivity index (χ1n) is 4.21. The van der Waals surface area contributed by atoms with Crippen LogP contribution in [0.15, 0.2) is 17.5 Å². The fourth-order valence-corrected chi connectivity index (χ4v) is 1.78. The second kappa shape index (κ2) is 4.60. The maximum Gasteiger partial charge on any atom is 0.0518 e. The molecule has 12 heavy (non-hydrogen) atoms. The molecule has 0 radical (unpaired) electrons. The zero-order valence-corrected chi connectivity index (χ0v) is 8.47. The standard InChI is InChI=1S/C9H16N2S/c1-3-11(2)7-8(10)9-5-4-6-12-9/h4-6,8H,3,7,10H2,1-2H3. The molecule has 1 rings (SSSR count). The highest BCUT2D eigenvalue weighted by atomic mass is 32.1. The van der Waals surface area contributed by atoms with Crippen molar-refractivity contribution in [3.63, 3.8) is 0 Å². The Morgan fingerprint density at radius 2 is 2.42 bits per heavy atom. The van der Waals surface area contributed by atoms with E-state index in [-0.39, 0.29) is 6.04 Å².